The van der Waals surface area contributed by atoms with Crippen molar-refractivity contribution < 1.29 is 0 Å². The minimum absolute atomic E-state index is 0.0825. The fourth-order valence-electron chi connectivity index (χ4n) is 2.62. The Labute approximate surface area is 137 Å². The van der Waals surface area contributed by atoms with Crippen LogP contribution in [-0.4, -0.2) is 6.54 Å². The second-order valence-electron chi connectivity index (χ2n) is 5.45. The van der Waals surface area contributed by atoms with Crippen LogP contribution in [0.3, 0.4) is 0 Å². The van der Waals surface area contributed by atoms with Gasteiger partial charge in [0.2, 0.25) is 0 Å². The molecule has 0 saturated carbocycles. The van der Waals surface area contributed by atoms with E-state index in [2.05, 4.69) is 45.1 Å². The van der Waals surface area contributed by atoms with Crippen molar-refractivity contribution in [2.45, 2.75) is 33.7 Å². The largest absolute Gasteiger partial charge is 0.306 e. The number of hydrogen-bond donors (Lipinski definition) is 1. The summed E-state index contributed by atoms with van der Waals surface area (Å²) in [6, 6.07) is 10.3. The number of rotatable bonds is 4. The molecule has 1 nitrogen and oxygen atoms in total. The first-order valence-electron chi connectivity index (χ1n) is 7.20. The van der Waals surface area contributed by atoms with Crippen molar-refractivity contribution in [3.63, 3.8) is 0 Å². The molecule has 2 aromatic rings. The molecule has 0 radical (unpaired) electrons. The molecule has 2 aromatic carbocycles. The van der Waals surface area contributed by atoms with Gasteiger partial charge in [0.1, 0.15) is 0 Å². The first kappa shape index (κ1) is 16.4. The summed E-state index contributed by atoms with van der Waals surface area (Å²) in [6.45, 7) is 9.41. The molecule has 1 N–H and O–H groups in total. The van der Waals surface area contributed by atoms with Crippen molar-refractivity contribution in [3.8, 4) is 0 Å². The van der Waals surface area contributed by atoms with Crippen molar-refractivity contribution in [1.29, 1.82) is 0 Å². The van der Waals surface area contributed by atoms with E-state index in [0.717, 1.165) is 12.1 Å². The lowest BCUT2D eigenvalue weighted by Gasteiger charge is -2.23. The molecule has 1 atom stereocenters. The van der Waals surface area contributed by atoms with Crippen LogP contribution in [0.2, 0.25) is 10.0 Å². The molecule has 0 aromatic heterocycles. The zero-order valence-electron chi connectivity index (χ0n) is 12.9. The Morgan fingerprint density at radius 1 is 0.905 bits per heavy atom. The van der Waals surface area contributed by atoms with Crippen LogP contribution < -0.4 is 5.32 Å². The molecule has 0 spiro atoms. The molecule has 0 heterocycles. The average Bonchev–Trinajstić information content (AvgIpc) is 2.41. The van der Waals surface area contributed by atoms with E-state index in [0.29, 0.717) is 10.0 Å². The van der Waals surface area contributed by atoms with E-state index >= 15 is 0 Å². The topological polar surface area (TPSA) is 12.0 Å². The molecule has 1 unspecified atom stereocenters. The Kier molecular flexibility index (Phi) is 5.32. The minimum Gasteiger partial charge on any atom is -0.306 e. The SMILES string of the molecule is CCNC(c1cc(C)c(C)cc1C)c1ccc(Cl)cc1Cl. The van der Waals surface area contributed by atoms with Crippen LogP contribution in [0.25, 0.3) is 0 Å². The summed E-state index contributed by atoms with van der Waals surface area (Å²) in [5.41, 5.74) is 6.21. The summed E-state index contributed by atoms with van der Waals surface area (Å²) in [7, 11) is 0. The Morgan fingerprint density at radius 2 is 1.57 bits per heavy atom. The first-order chi connectivity index (χ1) is 9.93. The van der Waals surface area contributed by atoms with Crippen LogP contribution in [0.1, 0.15) is 40.8 Å². The van der Waals surface area contributed by atoms with E-state index in [1.165, 1.54) is 22.3 Å². The third-order valence-corrected chi connectivity index (χ3v) is 4.44. The molecule has 0 amide bonds. The maximum atomic E-state index is 6.41. The standard InChI is InChI=1S/C18H21Cl2N/c1-5-21-18(15-7-6-14(19)10-17(15)20)16-9-12(3)11(2)8-13(16)4/h6-10,18,21H,5H2,1-4H3. The number of hydrogen-bond acceptors (Lipinski definition) is 1. The Balaban J connectivity index is 2.55. The highest BCUT2D eigenvalue weighted by atomic mass is 35.5. The van der Waals surface area contributed by atoms with Gasteiger partial charge in [-0.25, -0.2) is 0 Å². The van der Waals surface area contributed by atoms with Gasteiger partial charge in [0.05, 0.1) is 6.04 Å². The van der Waals surface area contributed by atoms with Crippen LogP contribution in [-0.2, 0) is 0 Å². The van der Waals surface area contributed by atoms with Gasteiger partial charge in [0, 0.05) is 10.0 Å². The average molecular weight is 322 g/mol. The first-order valence-corrected chi connectivity index (χ1v) is 7.95. The third-order valence-electron chi connectivity index (χ3n) is 3.88. The third kappa shape index (κ3) is 3.60. The molecule has 3 heteroatoms. The number of nitrogens with one attached hydrogen (secondary N) is 1. The minimum atomic E-state index is 0.0825. The smallest absolute Gasteiger partial charge is 0.0594 e. The van der Waals surface area contributed by atoms with E-state index in [1.54, 1.807) is 6.07 Å². The summed E-state index contributed by atoms with van der Waals surface area (Å²) in [5, 5.41) is 4.90. The van der Waals surface area contributed by atoms with Gasteiger partial charge in [-0.15, -0.1) is 0 Å². The predicted octanol–water partition coefficient (Wildman–Crippen LogP) is 5.62. The van der Waals surface area contributed by atoms with Gasteiger partial charge in [-0.1, -0.05) is 48.3 Å². The monoisotopic (exact) mass is 321 g/mol. The maximum Gasteiger partial charge on any atom is 0.0594 e. The van der Waals surface area contributed by atoms with Gasteiger partial charge in [-0.3, -0.25) is 0 Å². The van der Waals surface area contributed by atoms with E-state index < -0.39 is 0 Å². The van der Waals surface area contributed by atoms with E-state index in [4.69, 9.17) is 23.2 Å². The highest BCUT2D eigenvalue weighted by Gasteiger charge is 2.18. The Morgan fingerprint density at radius 3 is 2.19 bits per heavy atom. The molecule has 0 aliphatic rings. The second-order valence-corrected chi connectivity index (χ2v) is 6.29. The summed E-state index contributed by atoms with van der Waals surface area (Å²) >= 11 is 12.4. The molecular formula is C18H21Cl2N. The quantitative estimate of drug-likeness (QED) is 0.770. The predicted molar refractivity (Wildman–Crippen MR) is 92.6 cm³/mol. The van der Waals surface area contributed by atoms with Crippen molar-refractivity contribution in [3.05, 3.63) is 68.2 Å². The van der Waals surface area contributed by atoms with Gasteiger partial charge in [-0.05, 0) is 67.3 Å². The van der Waals surface area contributed by atoms with Crippen LogP contribution in [0.15, 0.2) is 30.3 Å². The molecule has 0 aliphatic carbocycles. The van der Waals surface area contributed by atoms with Gasteiger partial charge >= 0.3 is 0 Å². The van der Waals surface area contributed by atoms with Gasteiger partial charge in [0.25, 0.3) is 0 Å². The molecule has 112 valence electrons. The fraction of sp³-hybridized carbons (Fsp3) is 0.333. The Bertz CT molecular complexity index is 650. The van der Waals surface area contributed by atoms with Crippen LogP contribution in [0.5, 0.6) is 0 Å². The summed E-state index contributed by atoms with van der Waals surface area (Å²) < 4.78 is 0. The van der Waals surface area contributed by atoms with Crippen molar-refractivity contribution in [2.24, 2.45) is 0 Å². The highest BCUT2D eigenvalue weighted by Crippen LogP contribution is 2.33. The number of aryl methyl sites for hydroxylation is 3. The lowest BCUT2D eigenvalue weighted by atomic mass is 9.91. The van der Waals surface area contributed by atoms with Gasteiger partial charge < -0.3 is 5.32 Å². The van der Waals surface area contributed by atoms with E-state index in [-0.39, 0.29) is 6.04 Å². The van der Waals surface area contributed by atoms with E-state index in [9.17, 15) is 0 Å². The molecule has 2 rings (SSSR count). The number of halogens is 2. The fourth-order valence-corrected chi connectivity index (χ4v) is 3.14. The zero-order chi connectivity index (χ0) is 15.6. The van der Waals surface area contributed by atoms with Crippen LogP contribution >= 0.6 is 23.2 Å². The van der Waals surface area contributed by atoms with Gasteiger partial charge in [0.15, 0.2) is 0 Å². The van der Waals surface area contributed by atoms with Crippen molar-refractivity contribution in [1.82, 2.24) is 5.32 Å². The summed E-state index contributed by atoms with van der Waals surface area (Å²) in [6.07, 6.45) is 0. The molecule has 21 heavy (non-hydrogen) atoms. The van der Waals surface area contributed by atoms with Crippen molar-refractivity contribution >= 4 is 23.2 Å². The molecular weight excluding hydrogens is 301 g/mol. The van der Waals surface area contributed by atoms with Gasteiger partial charge in [-0.2, -0.15) is 0 Å². The normalized spacial score (nSPS) is 12.5. The molecule has 0 aliphatic heterocycles. The van der Waals surface area contributed by atoms with Crippen LogP contribution in [0, 0.1) is 20.8 Å². The molecule has 0 saturated heterocycles. The van der Waals surface area contributed by atoms with Crippen molar-refractivity contribution in [2.75, 3.05) is 6.54 Å². The number of benzene rings is 2. The van der Waals surface area contributed by atoms with Crippen LogP contribution in [0.4, 0.5) is 0 Å². The highest BCUT2D eigenvalue weighted by molar-refractivity contribution is 6.35. The summed E-state index contributed by atoms with van der Waals surface area (Å²) in [5.74, 6) is 0. The molecule has 0 bridgehead atoms. The maximum absolute atomic E-state index is 6.41. The molecule has 0 fully saturated rings. The van der Waals surface area contributed by atoms with E-state index in [1.807, 2.05) is 12.1 Å². The lowest BCUT2D eigenvalue weighted by molar-refractivity contribution is 0.627. The second kappa shape index (κ2) is 6.83. The Hall–Kier alpha value is -1.02. The lowest BCUT2D eigenvalue weighted by Crippen LogP contribution is -2.23. The summed E-state index contributed by atoms with van der Waals surface area (Å²) in [4.78, 5) is 0. The zero-order valence-corrected chi connectivity index (χ0v) is 14.4.